The number of carbonyl (C=O) groups is 2. The quantitative estimate of drug-likeness (QED) is 0.238. The normalized spacial score (nSPS) is 10.9. The first-order valence-electron chi connectivity index (χ1n) is 12.2. The highest BCUT2D eigenvalue weighted by Gasteiger charge is 2.25. The Kier molecular flexibility index (Phi) is 9.03. The second-order valence-electron chi connectivity index (χ2n) is 8.90. The van der Waals surface area contributed by atoms with E-state index in [-0.39, 0.29) is 0 Å². The monoisotopic (exact) mass is 458 g/mol. The summed E-state index contributed by atoms with van der Waals surface area (Å²) in [6, 6.07) is 19.9. The van der Waals surface area contributed by atoms with Crippen molar-refractivity contribution in [3.8, 4) is 11.5 Å². The molecule has 0 unspecified atom stereocenters. The van der Waals surface area contributed by atoms with Crippen molar-refractivity contribution in [3.05, 3.63) is 94.5 Å². The minimum Gasteiger partial charge on any atom is -0.419 e. The van der Waals surface area contributed by atoms with Gasteiger partial charge in [-0.05, 0) is 67.0 Å². The van der Waals surface area contributed by atoms with Gasteiger partial charge >= 0.3 is 11.9 Å². The van der Waals surface area contributed by atoms with Crippen molar-refractivity contribution < 1.29 is 19.1 Å². The molecule has 0 aliphatic rings. The van der Waals surface area contributed by atoms with Crippen LogP contribution in [-0.2, 0) is 19.3 Å². The zero-order chi connectivity index (χ0) is 24.5. The number of benzene rings is 3. The first-order chi connectivity index (χ1) is 16.4. The highest BCUT2D eigenvalue weighted by atomic mass is 16.6. The average molecular weight is 459 g/mol. The van der Waals surface area contributed by atoms with Crippen LogP contribution in [0.5, 0.6) is 11.5 Å². The van der Waals surface area contributed by atoms with Crippen molar-refractivity contribution >= 4 is 11.9 Å². The summed E-state index contributed by atoms with van der Waals surface area (Å²) >= 11 is 0. The molecule has 0 atom stereocenters. The SMILES string of the molecule is CCCCc1cc(CC)c(OC(=O)c2ccccc2)c(OC(=O)c2ccccc2)c1CC(C)C. The van der Waals surface area contributed by atoms with Crippen LogP contribution in [0.4, 0.5) is 0 Å². The van der Waals surface area contributed by atoms with E-state index in [1.54, 1.807) is 48.5 Å². The molecule has 4 nitrogen and oxygen atoms in total. The third-order valence-corrected chi connectivity index (χ3v) is 5.71. The van der Waals surface area contributed by atoms with Crippen LogP contribution < -0.4 is 9.47 Å². The maximum Gasteiger partial charge on any atom is 0.343 e. The fraction of sp³-hybridized carbons (Fsp3) is 0.333. The number of carbonyl (C=O) groups excluding carboxylic acids is 2. The molecular weight excluding hydrogens is 424 g/mol. The summed E-state index contributed by atoms with van der Waals surface area (Å²) in [5.41, 5.74) is 3.86. The van der Waals surface area contributed by atoms with Crippen LogP contribution in [0.25, 0.3) is 0 Å². The molecular formula is C30H34O4. The van der Waals surface area contributed by atoms with Gasteiger partial charge in [-0.25, -0.2) is 9.59 Å². The molecule has 0 spiro atoms. The minimum atomic E-state index is -0.468. The summed E-state index contributed by atoms with van der Waals surface area (Å²) in [5.74, 6) is 0.120. The average Bonchev–Trinajstić information content (AvgIpc) is 2.85. The summed E-state index contributed by atoms with van der Waals surface area (Å²) < 4.78 is 12.0. The van der Waals surface area contributed by atoms with Crippen molar-refractivity contribution in [1.82, 2.24) is 0 Å². The third-order valence-electron chi connectivity index (χ3n) is 5.71. The molecule has 0 aliphatic carbocycles. The molecule has 3 aromatic carbocycles. The molecule has 178 valence electrons. The molecule has 0 bridgehead atoms. The van der Waals surface area contributed by atoms with Gasteiger partial charge in [0.25, 0.3) is 0 Å². The Morgan fingerprint density at radius 1 is 0.765 bits per heavy atom. The van der Waals surface area contributed by atoms with E-state index in [9.17, 15) is 9.59 Å². The lowest BCUT2D eigenvalue weighted by molar-refractivity contribution is 0.0679. The van der Waals surface area contributed by atoms with Crippen LogP contribution in [0.1, 0.15) is 77.9 Å². The number of hydrogen-bond acceptors (Lipinski definition) is 4. The van der Waals surface area contributed by atoms with Gasteiger partial charge in [-0.15, -0.1) is 0 Å². The Labute approximate surface area is 202 Å². The Morgan fingerprint density at radius 2 is 1.29 bits per heavy atom. The molecule has 0 heterocycles. The molecule has 0 radical (unpaired) electrons. The summed E-state index contributed by atoms with van der Waals surface area (Å²) in [7, 11) is 0. The Morgan fingerprint density at radius 3 is 1.76 bits per heavy atom. The van der Waals surface area contributed by atoms with E-state index in [2.05, 4.69) is 26.8 Å². The largest absolute Gasteiger partial charge is 0.419 e. The van der Waals surface area contributed by atoms with Crippen LogP contribution in [0.3, 0.4) is 0 Å². The van der Waals surface area contributed by atoms with Crippen LogP contribution in [0.15, 0.2) is 66.7 Å². The van der Waals surface area contributed by atoms with Crippen molar-refractivity contribution in [2.75, 3.05) is 0 Å². The molecule has 3 aromatic rings. The second kappa shape index (κ2) is 12.2. The number of hydrogen-bond donors (Lipinski definition) is 0. The van der Waals surface area contributed by atoms with Crippen LogP contribution in [-0.4, -0.2) is 11.9 Å². The fourth-order valence-electron chi connectivity index (χ4n) is 3.95. The second-order valence-corrected chi connectivity index (χ2v) is 8.90. The lowest BCUT2D eigenvalue weighted by Crippen LogP contribution is -2.17. The Hall–Kier alpha value is -3.40. The van der Waals surface area contributed by atoms with E-state index in [1.165, 1.54) is 0 Å². The van der Waals surface area contributed by atoms with Crippen molar-refractivity contribution in [2.24, 2.45) is 5.92 Å². The van der Waals surface area contributed by atoms with Crippen molar-refractivity contribution in [2.45, 2.75) is 59.8 Å². The van der Waals surface area contributed by atoms with Crippen molar-refractivity contribution in [1.29, 1.82) is 0 Å². The molecule has 0 fully saturated rings. The highest BCUT2D eigenvalue weighted by molar-refractivity contribution is 5.93. The van der Waals surface area contributed by atoms with Gasteiger partial charge in [0.05, 0.1) is 11.1 Å². The molecule has 4 heteroatoms. The van der Waals surface area contributed by atoms with Gasteiger partial charge in [0.15, 0.2) is 11.5 Å². The molecule has 0 N–H and O–H groups in total. The van der Waals surface area contributed by atoms with Gasteiger partial charge in [0.1, 0.15) is 0 Å². The van der Waals surface area contributed by atoms with Gasteiger partial charge in [0.2, 0.25) is 0 Å². The minimum absolute atomic E-state index is 0.333. The molecule has 0 saturated heterocycles. The molecule has 3 rings (SSSR count). The first kappa shape index (κ1) is 25.2. The summed E-state index contributed by atoms with van der Waals surface area (Å²) in [6.45, 7) is 8.45. The van der Waals surface area contributed by atoms with E-state index < -0.39 is 11.9 Å². The van der Waals surface area contributed by atoms with E-state index in [4.69, 9.17) is 9.47 Å². The van der Waals surface area contributed by atoms with E-state index in [1.807, 2.05) is 19.1 Å². The number of esters is 2. The van der Waals surface area contributed by atoms with Crippen molar-refractivity contribution in [3.63, 3.8) is 0 Å². The van der Waals surface area contributed by atoms with Gasteiger partial charge in [-0.1, -0.05) is 76.6 Å². The van der Waals surface area contributed by atoms with E-state index >= 15 is 0 Å². The molecule has 0 aromatic heterocycles. The van der Waals surface area contributed by atoms with Crippen LogP contribution >= 0.6 is 0 Å². The lowest BCUT2D eigenvalue weighted by atomic mass is 9.91. The smallest absolute Gasteiger partial charge is 0.343 e. The van der Waals surface area contributed by atoms with Crippen LogP contribution in [0.2, 0.25) is 0 Å². The zero-order valence-corrected chi connectivity index (χ0v) is 20.6. The van der Waals surface area contributed by atoms with Gasteiger partial charge in [-0.3, -0.25) is 0 Å². The predicted molar refractivity (Wildman–Crippen MR) is 136 cm³/mol. The standard InChI is InChI=1S/C30H34O4/c1-5-7-14-25-20-22(6-2)27(33-29(31)23-15-10-8-11-16-23)28(26(25)19-21(3)4)34-30(32)24-17-12-9-13-18-24/h8-13,15-18,20-21H,5-7,14,19H2,1-4H3. The first-order valence-corrected chi connectivity index (χ1v) is 12.2. The summed E-state index contributed by atoms with van der Waals surface area (Å²) in [5, 5.41) is 0. The third kappa shape index (κ3) is 6.34. The predicted octanol–water partition coefficient (Wildman–Crippen LogP) is 7.23. The number of rotatable bonds is 10. The zero-order valence-electron chi connectivity index (χ0n) is 20.6. The number of ether oxygens (including phenoxy) is 2. The maximum atomic E-state index is 13.1. The Bertz CT molecular complexity index is 1100. The van der Waals surface area contributed by atoms with E-state index in [0.29, 0.717) is 35.0 Å². The lowest BCUT2D eigenvalue weighted by Gasteiger charge is -2.22. The Balaban J connectivity index is 2.15. The van der Waals surface area contributed by atoms with Gasteiger partial charge in [0, 0.05) is 5.56 Å². The molecule has 0 saturated carbocycles. The van der Waals surface area contributed by atoms with Crippen LogP contribution in [0, 0.1) is 5.92 Å². The van der Waals surface area contributed by atoms with Gasteiger partial charge in [-0.2, -0.15) is 0 Å². The fourth-order valence-corrected chi connectivity index (χ4v) is 3.95. The summed E-state index contributed by atoms with van der Waals surface area (Å²) in [4.78, 5) is 26.1. The summed E-state index contributed by atoms with van der Waals surface area (Å²) in [6.07, 6.45) is 4.34. The number of aryl methyl sites for hydroxylation is 2. The number of unbranched alkanes of at least 4 members (excludes halogenated alkanes) is 1. The van der Waals surface area contributed by atoms with E-state index in [0.717, 1.165) is 42.4 Å². The molecule has 0 amide bonds. The molecule has 0 aliphatic heterocycles. The topological polar surface area (TPSA) is 52.6 Å². The highest BCUT2D eigenvalue weighted by Crippen LogP contribution is 2.41. The van der Waals surface area contributed by atoms with Gasteiger partial charge < -0.3 is 9.47 Å². The molecule has 34 heavy (non-hydrogen) atoms. The maximum absolute atomic E-state index is 13.1.